The summed E-state index contributed by atoms with van der Waals surface area (Å²) in [4.78, 5) is 13.2. The molecule has 0 spiro atoms. The van der Waals surface area contributed by atoms with Crippen molar-refractivity contribution in [1.82, 2.24) is 15.0 Å². The Morgan fingerprint density at radius 1 is 1.18 bits per heavy atom. The number of cyclic esters (lactones) is 1. The van der Waals surface area contributed by atoms with E-state index in [1.807, 2.05) is 35.1 Å². The van der Waals surface area contributed by atoms with E-state index in [-0.39, 0.29) is 12.1 Å². The molecule has 1 aromatic heterocycles. The van der Waals surface area contributed by atoms with Gasteiger partial charge in [0.05, 0.1) is 19.3 Å². The number of aromatic nitrogens is 3. The first-order chi connectivity index (χ1) is 16.1. The standard InChI is InChI=1S/C26H28BrN3O3/c1-32-24-14-8-11-20-10-5-3-2-4-6-13-23(33-26(31)25(20)24)16-22-18-30(29-28-22)17-19-9-7-12-21(27)15-19/h3,5,7-9,11-12,14-15,18,23H,2,4,6,10,13,16-17H2,1H3/b5-3+/t23-/m1/s1. The number of fused-ring (bicyclic) bond motifs is 1. The molecule has 0 N–H and O–H groups in total. The maximum atomic E-state index is 13.2. The fraction of sp³-hybridized carbons (Fsp3) is 0.346. The Labute approximate surface area is 202 Å². The van der Waals surface area contributed by atoms with Crippen LogP contribution in [0.2, 0.25) is 0 Å². The number of benzene rings is 2. The second-order valence-electron chi connectivity index (χ2n) is 8.22. The molecular weight excluding hydrogens is 482 g/mol. The van der Waals surface area contributed by atoms with Gasteiger partial charge in [-0.05, 0) is 61.4 Å². The van der Waals surface area contributed by atoms with Crippen LogP contribution in [0.1, 0.15) is 52.9 Å². The lowest BCUT2D eigenvalue weighted by Crippen LogP contribution is -2.22. The summed E-state index contributed by atoms with van der Waals surface area (Å²) in [6.45, 7) is 0.633. The van der Waals surface area contributed by atoms with Crippen LogP contribution in [-0.4, -0.2) is 34.2 Å². The molecule has 172 valence electrons. The Morgan fingerprint density at radius 2 is 2.06 bits per heavy atom. The first kappa shape index (κ1) is 23.2. The number of esters is 1. The van der Waals surface area contributed by atoms with Crippen LogP contribution in [0.3, 0.4) is 0 Å². The zero-order valence-corrected chi connectivity index (χ0v) is 20.3. The normalized spacial score (nSPS) is 17.9. The van der Waals surface area contributed by atoms with Crippen LogP contribution in [0.25, 0.3) is 0 Å². The minimum atomic E-state index is -0.344. The quantitative estimate of drug-likeness (QED) is 0.333. The van der Waals surface area contributed by atoms with Crippen LogP contribution >= 0.6 is 15.9 Å². The number of halogens is 1. The Kier molecular flexibility index (Phi) is 7.94. The van der Waals surface area contributed by atoms with Crippen molar-refractivity contribution >= 4 is 21.9 Å². The average molecular weight is 510 g/mol. The van der Waals surface area contributed by atoms with Gasteiger partial charge >= 0.3 is 5.97 Å². The zero-order chi connectivity index (χ0) is 23.0. The highest BCUT2D eigenvalue weighted by Crippen LogP contribution is 2.26. The summed E-state index contributed by atoms with van der Waals surface area (Å²) >= 11 is 3.50. The predicted molar refractivity (Wildman–Crippen MR) is 130 cm³/mol. The molecule has 1 aliphatic heterocycles. The number of carbonyl (C=O) groups excluding carboxylic acids is 1. The highest BCUT2D eigenvalue weighted by atomic mass is 79.9. The third-order valence-corrected chi connectivity index (χ3v) is 6.21. The molecule has 1 atom stereocenters. The molecule has 2 aromatic carbocycles. The molecule has 0 unspecified atom stereocenters. The Bertz CT molecular complexity index is 1130. The minimum Gasteiger partial charge on any atom is -0.496 e. The number of ether oxygens (including phenoxy) is 2. The summed E-state index contributed by atoms with van der Waals surface area (Å²) in [6, 6.07) is 13.8. The van der Waals surface area contributed by atoms with E-state index in [1.165, 1.54) is 0 Å². The van der Waals surface area contributed by atoms with E-state index in [1.54, 1.807) is 13.2 Å². The second-order valence-corrected chi connectivity index (χ2v) is 9.14. The minimum absolute atomic E-state index is 0.269. The van der Waals surface area contributed by atoms with Crippen LogP contribution in [0.15, 0.2) is 65.3 Å². The first-order valence-electron chi connectivity index (χ1n) is 11.3. The summed E-state index contributed by atoms with van der Waals surface area (Å²) in [5.74, 6) is 0.199. The van der Waals surface area contributed by atoms with Gasteiger partial charge in [0.25, 0.3) is 0 Å². The molecule has 0 aliphatic carbocycles. The van der Waals surface area contributed by atoms with Gasteiger partial charge in [0.15, 0.2) is 0 Å². The third kappa shape index (κ3) is 6.32. The van der Waals surface area contributed by atoms with Gasteiger partial charge in [-0.1, -0.05) is 57.6 Å². The summed E-state index contributed by atoms with van der Waals surface area (Å²) in [7, 11) is 1.58. The third-order valence-electron chi connectivity index (χ3n) is 5.72. The average Bonchev–Trinajstić information content (AvgIpc) is 3.23. The van der Waals surface area contributed by atoms with Gasteiger partial charge in [-0.15, -0.1) is 5.10 Å². The highest BCUT2D eigenvalue weighted by molar-refractivity contribution is 9.10. The number of methoxy groups -OCH3 is 1. The number of hydrogen-bond acceptors (Lipinski definition) is 5. The summed E-state index contributed by atoms with van der Waals surface area (Å²) in [5, 5.41) is 8.61. The Hall–Kier alpha value is -2.93. The van der Waals surface area contributed by atoms with Gasteiger partial charge in [0.1, 0.15) is 17.4 Å². The molecule has 7 heteroatoms. The SMILES string of the molecule is COc1cccc2c1C(=O)O[C@@H](Cc1cn(Cc3cccc(Br)c3)nn1)CCCC/C=C/C2. The van der Waals surface area contributed by atoms with E-state index in [0.29, 0.717) is 30.7 Å². The van der Waals surface area contributed by atoms with Gasteiger partial charge in [-0.25, -0.2) is 9.48 Å². The van der Waals surface area contributed by atoms with Gasteiger partial charge in [-0.2, -0.15) is 0 Å². The van der Waals surface area contributed by atoms with Crippen molar-refractivity contribution in [1.29, 1.82) is 0 Å². The molecular formula is C26H28BrN3O3. The summed E-state index contributed by atoms with van der Waals surface area (Å²) in [6.07, 6.45) is 11.0. The smallest absolute Gasteiger partial charge is 0.342 e. The number of carbonyl (C=O) groups is 1. The Balaban J connectivity index is 1.51. The molecule has 0 saturated heterocycles. The van der Waals surface area contributed by atoms with Crippen molar-refractivity contribution in [3.05, 3.63) is 87.7 Å². The largest absolute Gasteiger partial charge is 0.496 e. The van der Waals surface area contributed by atoms with Gasteiger partial charge in [-0.3, -0.25) is 0 Å². The monoisotopic (exact) mass is 509 g/mol. The van der Waals surface area contributed by atoms with Gasteiger partial charge < -0.3 is 9.47 Å². The van der Waals surface area contributed by atoms with Crippen molar-refractivity contribution in [2.24, 2.45) is 0 Å². The summed E-state index contributed by atoms with van der Waals surface area (Å²) < 4.78 is 14.3. The van der Waals surface area contributed by atoms with Crippen LogP contribution in [-0.2, 0) is 24.1 Å². The molecule has 33 heavy (non-hydrogen) atoms. The lowest BCUT2D eigenvalue weighted by atomic mass is 10.0. The molecule has 0 saturated carbocycles. The molecule has 3 aromatic rings. The first-order valence-corrected chi connectivity index (χ1v) is 12.1. The van der Waals surface area contributed by atoms with Crippen molar-refractivity contribution in [3.63, 3.8) is 0 Å². The van der Waals surface area contributed by atoms with E-state index in [9.17, 15) is 4.79 Å². The van der Waals surface area contributed by atoms with Crippen LogP contribution < -0.4 is 4.74 Å². The fourth-order valence-corrected chi connectivity index (χ4v) is 4.54. The molecule has 1 aliphatic rings. The van der Waals surface area contributed by atoms with E-state index in [0.717, 1.165) is 47.0 Å². The molecule has 6 nitrogen and oxygen atoms in total. The maximum Gasteiger partial charge on any atom is 0.342 e. The van der Waals surface area contributed by atoms with Gasteiger partial charge in [0.2, 0.25) is 0 Å². The molecule has 0 amide bonds. The lowest BCUT2D eigenvalue weighted by Gasteiger charge is -2.19. The second kappa shape index (κ2) is 11.3. The zero-order valence-electron chi connectivity index (χ0n) is 18.7. The number of nitrogens with zero attached hydrogens (tertiary/aromatic N) is 3. The lowest BCUT2D eigenvalue weighted by molar-refractivity contribution is 0.0271. The van der Waals surface area contributed by atoms with E-state index < -0.39 is 0 Å². The number of hydrogen-bond donors (Lipinski definition) is 0. The number of rotatable bonds is 5. The van der Waals surface area contributed by atoms with E-state index in [2.05, 4.69) is 50.5 Å². The van der Waals surface area contributed by atoms with Crippen LogP contribution in [0.4, 0.5) is 0 Å². The van der Waals surface area contributed by atoms with Gasteiger partial charge in [0, 0.05) is 17.1 Å². The van der Waals surface area contributed by atoms with Crippen molar-refractivity contribution < 1.29 is 14.3 Å². The molecule has 2 heterocycles. The highest BCUT2D eigenvalue weighted by Gasteiger charge is 2.23. The summed E-state index contributed by atoms with van der Waals surface area (Å²) in [5.41, 5.74) is 3.37. The van der Waals surface area contributed by atoms with Crippen molar-refractivity contribution in [2.45, 2.75) is 51.2 Å². The maximum absolute atomic E-state index is 13.2. The van der Waals surface area contributed by atoms with E-state index in [4.69, 9.17) is 9.47 Å². The molecule has 0 fully saturated rings. The molecule has 0 bridgehead atoms. The number of allylic oxidation sites excluding steroid dienone is 2. The molecule has 0 radical (unpaired) electrons. The van der Waals surface area contributed by atoms with Crippen LogP contribution in [0.5, 0.6) is 5.75 Å². The Morgan fingerprint density at radius 3 is 2.91 bits per heavy atom. The predicted octanol–water partition coefficient (Wildman–Crippen LogP) is 5.54. The van der Waals surface area contributed by atoms with Crippen molar-refractivity contribution in [2.75, 3.05) is 7.11 Å². The fourth-order valence-electron chi connectivity index (χ4n) is 4.09. The van der Waals surface area contributed by atoms with Crippen LogP contribution in [0, 0.1) is 0 Å². The molecule has 4 rings (SSSR count). The van der Waals surface area contributed by atoms with Crippen molar-refractivity contribution in [3.8, 4) is 5.75 Å². The topological polar surface area (TPSA) is 66.2 Å². The van der Waals surface area contributed by atoms with E-state index >= 15 is 0 Å².